The molecular weight excluding hydrogens is 257 g/mol. The molecule has 0 aromatic heterocycles. The minimum atomic E-state index is -4.30. The highest BCUT2D eigenvalue weighted by atomic mass is 19.4. The molecule has 0 radical (unpaired) electrons. The highest BCUT2D eigenvalue weighted by molar-refractivity contribution is 5.24. The summed E-state index contributed by atoms with van der Waals surface area (Å²) in [7, 11) is 0. The zero-order valence-corrected chi connectivity index (χ0v) is 10.2. The second-order valence-electron chi connectivity index (χ2n) is 4.42. The van der Waals surface area contributed by atoms with Crippen molar-refractivity contribution in [3.05, 3.63) is 35.4 Å². The van der Waals surface area contributed by atoms with E-state index in [-0.39, 0.29) is 0 Å². The molecule has 0 aliphatic carbocycles. The Morgan fingerprint density at radius 2 is 2.00 bits per heavy atom. The summed E-state index contributed by atoms with van der Waals surface area (Å²) in [6.07, 6.45) is -4.76. The number of benzene rings is 1. The number of nitriles is 1. The summed E-state index contributed by atoms with van der Waals surface area (Å²) >= 11 is 0. The lowest BCUT2D eigenvalue weighted by Crippen LogP contribution is -2.41. The molecule has 102 valence electrons. The van der Waals surface area contributed by atoms with E-state index >= 15 is 0 Å². The van der Waals surface area contributed by atoms with Gasteiger partial charge in [-0.1, -0.05) is 12.1 Å². The molecular formula is C13H13F3N2O. The van der Waals surface area contributed by atoms with Gasteiger partial charge in [0.2, 0.25) is 0 Å². The average molecular weight is 270 g/mol. The lowest BCUT2D eigenvalue weighted by molar-refractivity contribution is -0.137. The van der Waals surface area contributed by atoms with Gasteiger partial charge in [0.25, 0.3) is 0 Å². The second kappa shape index (κ2) is 5.59. The molecule has 2 rings (SSSR count). The maximum absolute atomic E-state index is 12.4. The van der Waals surface area contributed by atoms with E-state index in [0.29, 0.717) is 26.2 Å². The van der Waals surface area contributed by atoms with Crippen molar-refractivity contribution in [1.82, 2.24) is 4.90 Å². The maximum Gasteiger partial charge on any atom is 0.416 e. The van der Waals surface area contributed by atoms with E-state index in [1.807, 2.05) is 11.0 Å². The van der Waals surface area contributed by atoms with E-state index in [1.54, 1.807) is 0 Å². The van der Waals surface area contributed by atoms with Crippen LogP contribution in [0.5, 0.6) is 0 Å². The van der Waals surface area contributed by atoms with Crippen molar-refractivity contribution >= 4 is 0 Å². The fraction of sp³-hybridized carbons (Fsp3) is 0.462. The van der Waals surface area contributed by atoms with Crippen molar-refractivity contribution in [1.29, 1.82) is 5.26 Å². The summed E-state index contributed by atoms with van der Waals surface area (Å²) in [5.41, 5.74) is 0.153. The minimum absolute atomic E-state index is 0.455. The molecule has 19 heavy (non-hydrogen) atoms. The Labute approximate surface area is 109 Å². The minimum Gasteiger partial charge on any atom is -0.361 e. The lowest BCUT2D eigenvalue weighted by atomic mass is 10.1. The van der Waals surface area contributed by atoms with Gasteiger partial charge in [-0.25, -0.2) is 0 Å². The van der Waals surface area contributed by atoms with Crippen LogP contribution in [0.3, 0.4) is 0 Å². The van der Waals surface area contributed by atoms with E-state index in [2.05, 4.69) is 0 Å². The average Bonchev–Trinajstić information content (AvgIpc) is 2.38. The summed E-state index contributed by atoms with van der Waals surface area (Å²) in [5, 5.41) is 8.77. The molecule has 1 heterocycles. The molecule has 0 spiro atoms. The number of nitrogens with zero attached hydrogens (tertiary/aromatic N) is 2. The molecule has 6 heteroatoms. The number of rotatable bonds is 2. The van der Waals surface area contributed by atoms with Crippen LogP contribution >= 0.6 is 0 Å². The first-order valence-corrected chi connectivity index (χ1v) is 5.89. The molecule has 1 unspecified atom stereocenters. The first kappa shape index (κ1) is 13.8. The largest absolute Gasteiger partial charge is 0.416 e. The number of hydrogen-bond donors (Lipinski definition) is 0. The molecule has 1 fully saturated rings. The summed E-state index contributed by atoms with van der Waals surface area (Å²) in [6, 6.07) is 7.14. The molecule has 1 aromatic carbocycles. The SMILES string of the molecule is N#CC1CN(Cc2ccc(C(F)(F)F)cc2)CCO1. The van der Waals surface area contributed by atoms with E-state index < -0.39 is 17.8 Å². The first-order chi connectivity index (χ1) is 8.99. The van der Waals surface area contributed by atoms with Gasteiger partial charge in [0.15, 0.2) is 6.10 Å². The quantitative estimate of drug-likeness (QED) is 0.828. The number of morpholine rings is 1. The molecule has 1 aliphatic heterocycles. The van der Waals surface area contributed by atoms with Crippen LogP contribution in [0.15, 0.2) is 24.3 Å². The van der Waals surface area contributed by atoms with Gasteiger partial charge >= 0.3 is 6.18 Å². The van der Waals surface area contributed by atoms with Crippen LogP contribution < -0.4 is 0 Å². The van der Waals surface area contributed by atoms with Crippen LogP contribution in [0.2, 0.25) is 0 Å². The molecule has 1 atom stereocenters. The highest BCUT2D eigenvalue weighted by Crippen LogP contribution is 2.29. The zero-order chi connectivity index (χ0) is 13.9. The Kier molecular flexibility index (Phi) is 4.08. The normalized spacial score (nSPS) is 21.1. The Morgan fingerprint density at radius 1 is 1.32 bits per heavy atom. The van der Waals surface area contributed by atoms with Gasteiger partial charge in [0.05, 0.1) is 18.2 Å². The molecule has 1 aromatic rings. The predicted octanol–water partition coefficient (Wildman–Crippen LogP) is 2.43. The topological polar surface area (TPSA) is 36.3 Å². The highest BCUT2D eigenvalue weighted by Gasteiger charge is 2.30. The number of hydrogen-bond acceptors (Lipinski definition) is 3. The Balaban J connectivity index is 1.98. The zero-order valence-electron chi connectivity index (χ0n) is 10.2. The molecule has 0 saturated carbocycles. The molecule has 0 N–H and O–H groups in total. The van der Waals surface area contributed by atoms with Crippen molar-refractivity contribution in [3.63, 3.8) is 0 Å². The van der Waals surface area contributed by atoms with Crippen molar-refractivity contribution in [2.45, 2.75) is 18.8 Å². The standard InChI is InChI=1S/C13H13F3N2O/c14-13(15,16)11-3-1-10(2-4-11)8-18-5-6-19-12(7-17)9-18/h1-4,12H,5-6,8-9H2. The van der Waals surface area contributed by atoms with Gasteiger partial charge in [0, 0.05) is 19.6 Å². The summed E-state index contributed by atoms with van der Waals surface area (Å²) in [5.74, 6) is 0. The van der Waals surface area contributed by atoms with Crippen molar-refractivity contribution in [2.24, 2.45) is 0 Å². The van der Waals surface area contributed by atoms with E-state index in [1.165, 1.54) is 12.1 Å². The lowest BCUT2D eigenvalue weighted by Gasteiger charge is -2.29. The van der Waals surface area contributed by atoms with Crippen LogP contribution in [0.25, 0.3) is 0 Å². The van der Waals surface area contributed by atoms with Gasteiger partial charge in [0.1, 0.15) is 0 Å². The molecule has 0 amide bonds. The summed E-state index contributed by atoms with van der Waals surface area (Å²) in [4.78, 5) is 2.00. The second-order valence-corrected chi connectivity index (χ2v) is 4.42. The predicted molar refractivity (Wildman–Crippen MR) is 62.1 cm³/mol. The fourth-order valence-electron chi connectivity index (χ4n) is 1.98. The van der Waals surface area contributed by atoms with Gasteiger partial charge in [-0.2, -0.15) is 18.4 Å². The third-order valence-corrected chi connectivity index (χ3v) is 2.98. The molecule has 3 nitrogen and oxygen atoms in total. The monoisotopic (exact) mass is 270 g/mol. The Bertz CT molecular complexity index is 464. The van der Waals surface area contributed by atoms with Crippen LogP contribution in [0, 0.1) is 11.3 Å². The van der Waals surface area contributed by atoms with E-state index in [4.69, 9.17) is 10.00 Å². The third kappa shape index (κ3) is 3.69. The van der Waals surface area contributed by atoms with Crippen LogP contribution in [0.4, 0.5) is 13.2 Å². The van der Waals surface area contributed by atoms with Crippen molar-refractivity contribution in [2.75, 3.05) is 19.7 Å². The van der Waals surface area contributed by atoms with Crippen LogP contribution in [0.1, 0.15) is 11.1 Å². The van der Waals surface area contributed by atoms with Crippen LogP contribution in [-0.2, 0) is 17.5 Å². The van der Waals surface area contributed by atoms with Gasteiger partial charge in [-0.15, -0.1) is 0 Å². The molecule has 1 aliphatic rings. The number of halogens is 3. The Morgan fingerprint density at radius 3 is 2.58 bits per heavy atom. The first-order valence-electron chi connectivity index (χ1n) is 5.89. The van der Waals surface area contributed by atoms with Gasteiger partial charge < -0.3 is 4.74 Å². The van der Waals surface area contributed by atoms with E-state index in [9.17, 15) is 13.2 Å². The Hall–Kier alpha value is -1.58. The van der Waals surface area contributed by atoms with E-state index in [0.717, 1.165) is 17.7 Å². The van der Waals surface area contributed by atoms with Crippen molar-refractivity contribution < 1.29 is 17.9 Å². The molecule has 0 bridgehead atoms. The summed E-state index contributed by atoms with van der Waals surface area (Å²) in [6.45, 7) is 2.16. The maximum atomic E-state index is 12.4. The third-order valence-electron chi connectivity index (χ3n) is 2.98. The van der Waals surface area contributed by atoms with Crippen molar-refractivity contribution in [3.8, 4) is 6.07 Å². The summed E-state index contributed by atoms with van der Waals surface area (Å²) < 4.78 is 42.4. The fourth-order valence-corrected chi connectivity index (χ4v) is 1.98. The number of alkyl halides is 3. The van der Waals surface area contributed by atoms with Gasteiger partial charge in [-0.3, -0.25) is 4.90 Å². The van der Waals surface area contributed by atoms with Crippen LogP contribution in [-0.4, -0.2) is 30.7 Å². The number of ether oxygens (including phenoxy) is 1. The smallest absolute Gasteiger partial charge is 0.361 e. The molecule has 1 saturated heterocycles. The van der Waals surface area contributed by atoms with Gasteiger partial charge in [-0.05, 0) is 17.7 Å².